The molecule has 0 saturated carbocycles. The normalized spacial score (nSPS) is 10.0. The summed E-state index contributed by atoms with van der Waals surface area (Å²) in [6, 6.07) is 19.7. The number of ether oxygens (including phenoxy) is 3. The fourth-order valence-corrected chi connectivity index (χ4v) is 2.55. The Bertz CT molecular complexity index is 1030. The van der Waals surface area contributed by atoms with Gasteiger partial charge in [-0.2, -0.15) is 5.26 Å². The highest BCUT2D eigenvalue weighted by Crippen LogP contribution is 2.33. The maximum Gasteiger partial charge on any atom is 0.337 e. The Hall–Kier alpha value is -3.85. The molecular weight excluding hydrogens is 356 g/mol. The minimum Gasteiger partial charge on any atom is -0.485 e. The van der Waals surface area contributed by atoms with E-state index in [0.717, 1.165) is 5.56 Å². The first-order valence-electron chi connectivity index (χ1n) is 8.55. The van der Waals surface area contributed by atoms with Crippen molar-refractivity contribution in [2.45, 2.75) is 13.5 Å². The summed E-state index contributed by atoms with van der Waals surface area (Å²) in [5.41, 5.74) is 2.38. The zero-order chi connectivity index (χ0) is 19.9. The molecule has 0 aliphatic carbocycles. The van der Waals surface area contributed by atoms with Crippen LogP contribution in [0.2, 0.25) is 0 Å². The Morgan fingerprint density at radius 2 is 1.86 bits per heavy atom. The Balaban J connectivity index is 1.92. The maximum atomic E-state index is 11.9. The molecule has 0 aliphatic rings. The average Bonchev–Trinajstić information content (AvgIpc) is 2.72. The Kier molecular flexibility index (Phi) is 5.87. The van der Waals surface area contributed by atoms with Crippen LogP contribution in [0.15, 0.2) is 60.7 Å². The standard InChI is InChI=1S/C22H18N2O4/c1-15-10-17(13-23)11-21(24-15)28-20-12-18(22(25)26-2)8-9-19(20)27-14-16-6-4-3-5-7-16/h3-12H,14H2,1-2H3. The fraction of sp³-hybridized carbons (Fsp3) is 0.136. The first kappa shape index (κ1) is 18.9. The molecule has 0 N–H and O–H groups in total. The van der Waals surface area contributed by atoms with E-state index >= 15 is 0 Å². The number of carbonyl (C=O) groups excluding carboxylic acids is 1. The summed E-state index contributed by atoms with van der Waals surface area (Å²) < 4.78 is 16.5. The first-order chi connectivity index (χ1) is 13.6. The highest BCUT2D eigenvalue weighted by molar-refractivity contribution is 5.90. The van der Waals surface area contributed by atoms with Crippen molar-refractivity contribution in [3.05, 3.63) is 83.0 Å². The molecule has 0 bridgehead atoms. The van der Waals surface area contributed by atoms with Crippen molar-refractivity contribution in [1.29, 1.82) is 5.26 Å². The van der Waals surface area contributed by atoms with Gasteiger partial charge in [-0.05, 0) is 36.8 Å². The van der Waals surface area contributed by atoms with Gasteiger partial charge in [0.15, 0.2) is 11.5 Å². The lowest BCUT2D eigenvalue weighted by Crippen LogP contribution is -2.03. The number of hydrogen-bond donors (Lipinski definition) is 0. The van der Waals surface area contributed by atoms with Gasteiger partial charge >= 0.3 is 5.97 Å². The summed E-state index contributed by atoms with van der Waals surface area (Å²) in [4.78, 5) is 16.2. The van der Waals surface area contributed by atoms with E-state index in [-0.39, 0.29) is 5.88 Å². The smallest absolute Gasteiger partial charge is 0.337 e. The van der Waals surface area contributed by atoms with Crippen molar-refractivity contribution in [2.75, 3.05) is 7.11 Å². The van der Waals surface area contributed by atoms with Crippen LogP contribution in [0.25, 0.3) is 0 Å². The molecule has 0 unspecified atom stereocenters. The predicted molar refractivity (Wildman–Crippen MR) is 102 cm³/mol. The van der Waals surface area contributed by atoms with Crippen LogP contribution in [-0.4, -0.2) is 18.1 Å². The third-order valence-corrected chi connectivity index (χ3v) is 3.88. The Morgan fingerprint density at radius 1 is 1.07 bits per heavy atom. The molecule has 0 aliphatic heterocycles. The molecule has 1 heterocycles. The van der Waals surface area contributed by atoms with E-state index in [1.165, 1.54) is 19.2 Å². The van der Waals surface area contributed by atoms with Crippen molar-refractivity contribution in [3.63, 3.8) is 0 Å². The van der Waals surface area contributed by atoms with Gasteiger partial charge in [0.2, 0.25) is 5.88 Å². The highest BCUT2D eigenvalue weighted by atomic mass is 16.5. The number of carbonyl (C=O) groups is 1. The van der Waals surface area contributed by atoms with E-state index in [9.17, 15) is 4.79 Å². The van der Waals surface area contributed by atoms with Gasteiger partial charge in [-0.3, -0.25) is 0 Å². The largest absolute Gasteiger partial charge is 0.485 e. The van der Waals surface area contributed by atoms with Crippen molar-refractivity contribution in [2.24, 2.45) is 0 Å². The molecule has 6 heteroatoms. The number of pyridine rings is 1. The molecular formula is C22H18N2O4. The summed E-state index contributed by atoms with van der Waals surface area (Å²) in [6.07, 6.45) is 0. The van der Waals surface area contributed by atoms with E-state index in [1.54, 1.807) is 25.1 Å². The SMILES string of the molecule is COC(=O)c1ccc(OCc2ccccc2)c(Oc2cc(C#N)cc(C)n2)c1. The molecule has 2 aromatic carbocycles. The van der Waals surface area contributed by atoms with E-state index in [2.05, 4.69) is 11.1 Å². The second kappa shape index (κ2) is 8.69. The maximum absolute atomic E-state index is 11.9. The third kappa shape index (κ3) is 4.65. The van der Waals surface area contributed by atoms with Gasteiger partial charge in [-0.25, -0.2) is 9.78 Å². The molecule has 3 rings (SSSR count). The molecule has 6 nitrogen and oxygen atoms in total. The molecule has 140 valence electrons. The van der Waals surface area contributed by atoms with Crippen LogP contribution >= 0.6 is 0 Å². The van der Waals surface area contributed by atoms with Crippen LogP contribution < -0.4 is 9.47 Å². The molecule has 0 atom stereocenters. The van der Waals surface area contributed by atoms with Gasteiger partial charge < -0.3 is 14.2 Å². The number of aromatic nitrogens is 1. The predicted octanol–water partition coefficient (Wildman–Crippen LogP) is 4.42. The van der Waals surface area contributed by atoms with Crippen LogP contribution in [0.3, 0.4) is 0 Å². The molecule has 1 aromatic heterocycles. The van der Waals surface area contributed by atoms with Gasteiger partial charge in [0, 0.05) is 11.8 Å². The minimum atomic E-state index is -0.491. The summed E-state index contributed by atoms with van der Waals surface area (Å²) in [5.74, 6) is 0.497. The lowest BCUT2D eigenvalue weighted by Gasteiger charge is -2.14. The van der Waals surface area contributed by atoms with Crippen LogP contribution in [0.5, 0.6) is 17.4 Å². The van der Waals surface area contributed by atoms with Crippen molar-refractivity contribution >= 4 is 5.97 Å². The van der Waals surface area contributed by atoms with Crippen molar-refractivity contribution in [3.8, 4) is 23.4 Å². The first-order valence-corrected chi connectivity index (χ1v) is 8.55. The van der Waals surface area contributed by atoms with Gasteiger partial charge in [-0.15, -0.1) is 0 Å². The van der Waals surface area contributed by atoms with Gasteiger partial charge in [0.1, 0.15) is 6.61 Å². The second-order valence-electron chi connectivity index (χ2n) is 5.98. The molecule has 0 saturated heterocycles. The fourth-order valence-electron chi connectivity index (χ4n) is 2.55. The quantitative estimate of drug-likeness (QED) is 0.594. The third-order valence-electron chi connectivity index (χ3n) is 3.88. The lowest BCUT2D eigenvalue weighted by atomic mass is 10.2. The van der Waals surface area contributed by atoms with E-state index < -0.39 is 5.97 Å². The van der Waals surface area contributed by atoms with Crippen LogP contribution in [0, 0.1) is 18.3 Å². The number of benzene rings is 2. The molecule has 0 amide bonds. The summed E-state index contributed by atoms with van der Waals surface area (Å²) in [5, 5.41) is 9.15. The number of rotatable bonds is 6. The Labute approximate surface area is 162 Å². The number of aryl methyl sites for hydroxylation is 1. The van der Waals surface area contributed by atoms with Gasteiger partial charge in [0.25, 0.3) is 0 Å². The number of methoxy groups -OCH3 is 1. The Morgan fingerprint density at radius 3 is 2.57 bits per heavy atom. The second-order valence-corrected chi connectivity index (χ2v) is 5.98. The average molecular weight is 374 g/mol. The van der Waals surface area contributed by atoms with E-state index in [4.69, 9.17) is 19.5 Å². The van der Waals surface area contributed by atoms with E-state index in [1.807, 2.05) is 30.3 Å². The molecule has 3 aromatic rings. The molecule has 28 heavy (non-hydrogen) atoms. The van der Waals surface area contributed by atoms with Gasteiger partial charge in [-0.1, -0.05) is 30.3 Å². The zero-order valence-electron chi connectivity index (χ0n) is 15.5. The van der Waals surface area contributed by atoms with Crippen molar-refractivity contribution in [1.82, 2.24) is 4.98 Å². The topological polar surface area (TPSA) is 81.4 Å². The molecule has 0 fully saturated rings. The summed E-state index contributed by atoms with van der Waals surface area (Å²) >= 11 is 0. The summed E-state index contributed by atoms with van der Waals surface area (Å²) in [7, 11) is 1.31. The van der Waals surface area contributed by atoms with Gasteiger partial charge in [0.05, 0.1) is 24.3 Å². The zero-order valence-corrected chi connectivity index (χ0v) is 15.5. The van der Waals surface area contributed by atoms with Crippen LogP contribution in [-0.2, 0) is 11.3 Å². The van der Waals surface area contributed by atoms with Crippen LogP contribution in [0.1, 0.15) is 27.2 Å². The number of nitrogens with zero attached hydrogens (tertiary/aromatic N) is 2. The number of esters is 1. The minimum absolute atomic E-state index is 0.239. The van der Waals surface area contributed by atoms with Crippen molar-refractivity contribution < 1.29 is 19.0 Å². The number of nitriles is 1. The number of hydrogen-bond acceptors (Lipinski definition) is 6. The molecule has 0 radical (unpaired) electrons. The van der Waals surface area contributed by atoms with Crippen LogP contribution in [0.4, 0.5) is 0 Å². The van der Waals surface area contributed by atoms with E-state index in [0.29, 0.717) is 34.9 Å². The lowest BCUT2D eigenvalue weighted by molar-refractivity contribution is 0.0600. The summed E-state index contributed by atoms with van der Waals surface area (Å²) in [6.45, 7) is 2.10. The molecule has 0 spiro atoms. The highest BCUT2D eigenvalue weighted by Gasteiger charge is 2.14. The monoisotopic (exact) mass is 374 g/mol.